The average molecular weight is 306 g/mol. The third-order valence-electron chi connectivity index (χ3n) is 3.77. The number of pyridine rings is 1. The zero-order valence-electron chi connectivity index (χ0n) is 12.4. The lowest BCUT2D eigenvalue weighted by atomic mass is 10.2. The molecule has 112 valence electrons. The highest BCUT2D eigenvalue weighted by Gasteiger charge is 2.20. The summed E-state index contributed by atoms with van der Waals surface area (Å²) >= 11 is 6.24. The van der Waals surface area contributed by atoms with Crippen LogP contribution in [0.3, 0.4) is 0 Å². The van der Waals surface area contributed by atoms with E-state index in [9.17, 15) is 0 Å². The number of hydrogen-bond donors (Lipinski definition) is 1. The Morgan fingerprint density at radius 2 is 2.24 bits per heavy atom. The van der Waals surface area contributed by atoms with Gasteiger partial charge in [0, 0.05) is 45.3 Å². The summed E-state index contributed by atoms with van der Waals surface area (Å²) in [5.74, 6) is 1.92. The number of aromatic nitrogens is 3. The summed E-state index contributed by atoms with van der Waals surface area (Å²) in [6, 6.07) is 2.73. The van der Waals surface area contributed by atoms with Crippen molar-refractivity contribution in [3.05, 3.63) is 41.1 Å². The molecule has 0 amide bonds. The number of anilines is 1. The van der Waals surface area contributed by atoms with E-state index in [1.807, 2.05) is 31.1 Å². The molecule has 6 heteroatoms. The Hall–Kier alpha value is -1.59. The van der Waals surface area contributed by atoms with Gasteiger partial charge in [0.05, 0.1) is 11.6 Å². The Bertz CT molecular complexity index is 620. The molecule has 1 aliphatic rings. The SMILES string of the molecule is CN(Cc1nccn1C)c1cc(CNC2CC2)c(Cl)cn1. The first-order valence-corrected chi connectivity index (χ1v) is 7.56. The summed E-state index contributed by atoms with van der Waals surface area (Å²) in [7, 11) is 4.01. The van der Waals surface area contributed by atoms with Gasteiger partial charge in [0.2, 0.25) is 0 Å². The molecule has 0 aromatic carbocycles. The van der Waals surface area contributed by atoms with E-state index in [0.717, 1.165) is 28.8 Å². The van der Waals surface area contributed by atoms with Crippen LogP contribution in [0.25, 0.3) is 0 Å². The first-order valence-electron chi connectivity index (χ1n) is 7.18. The molecule has 2 aromatic rings. The number of nitrogens with zero attached hydrogens (tertiary/aromatic N) is 4. The van der Waals surface area contributed by atoms with Gasteiger partial charge in [0.15, 0.2) is 0 Å². The normalized spacial score (nSPS) is 14.4. The third-order valence-corrected chi connectivity index (χ3v) is 4.11. The lowest BCUT2D eigenvalue weighted by Gasteiger charge is -2.19. The predicted molar refractivity (Wildman–Crippen MR) is 84.4 cm³/mol. The molecule has 1 aliphatic carbocycles. The molecular weight excluding hydrogens is 286 g/mol. The summed E-state index contributed by atoms with van der Waals surface area (Å²) in [4.78, 5) is 10.8. The topological polar surface area (TPSA) is 46.0 Å². The van der Waals surface area contributed by atoms with E-state index in [-0.39, 0.29) is 0 Å². The van der Waals surface area contributed by atoms with Crippen molar-refractivity contribution < 1.29 is 0 Å². The van der Waals surface area contributed by atoms with Gasteiger partial charge in [-0.15, -0.1) is 0 Å². The van der Waals surface area contributed by atoms with Crippen LogP contribution in [-0.4, -0.2) is 27.6 Å². The fourth-order valence-corrected chi connectivity index (χ4v) is 2.37. The van der Waals surface area contributed by atoms with E-state index < -0.39 is 0 Å². The Labute approximate surface area is 130 Å². The van der Waals surface area contributed by atoms with Gasteiger partial charge in [0.1, 0.15) is 11.6 Å². The number of halogens is 1. The molecule has 0 spiro atoms. The molecular formula is C15H20ClN5. The number of aryl methyl sites for hydroxylation is 1. The van der Waals surface area contributed by atoms with Crippen LogP contribution < -0.4 is 10.2 Å². The summed E-state index contributed by atoms with van der Waals surface area (Å²) in [6.45, 7) is 1.52. The van der Waals surface area contributed by atoms with Gasteiger partial charge in [-0.25, -0.2) is 9.97 Å². The highest BCUT2D eigenvalue weighted by Crippen LogP contribution is 2.23. The Morgan fingerprint density at radius 3 is 2.90 bits per heavy atom. The highest BCUT2D eigenvalue weighted by atomic mass is 35.5. The van der Waals surface area contributed by atoms with Gasteiger partial charge in [0.25, 0.3) is 0 Å². The summed E-state index contributed by atoms with van der Waals surface area (Å²) in [6.07, 6.45) is 8.03. The van der Waals surface area contributed by atoms with Crippen LogP contribution >= 0.6 is 11.6 Å². The maximum atomic E-state index is 6.24. The van der Waals surface area contributed by atoms with Crippen LogP contribution in [0, 0.1) is 0 Å². The predicted octanol–water partition coefficient (Wildman–Crippen LogP) is 2.36. The molecule has 0 radical (unpaired) electrons. The smallest absolute Gasteiger partial charge is 0.129 e. The van der Waals surface area contributed by atoms with Crippen molar-refractivity contribution in [3.8, 4) is 0 Å². The molecule has 1 fully saturated rings. The Morgan fingerprint density at radius 1 is 1.43 bits per heavy atom. The van der Waals surface area contributed by atoms with Crippen molar-refractivity contribution in [1.82, 2.24) is 19.9 Å². The van der Waals surface area contributed by atoms with Gasteiger partial charge in [-0.3, -0.25) is 0 Å². The van der Waals surface area contributed by atoms with Crippen molar-refractivity contribution in [2.24, 2.45) is 7.05 Å². The Kier molecular flexibility index (Phi) is 4.12. The number of hydrogen-bond acceptors (Lipinski definition) is 4. The molecule has 1 saturated carbocycles. The number of imidazole rings is 1. The quantitative estimate of drug-likeness (QED) is 0.890. The van der Waals surface area contributed by atoms with Crippen LogP contribution in [0.2, 0.25) is 5.02 Å². The van der Waals surface area contributed by atoms with E-state index in [1.54, 1.807) is 6.20 Å². The fraction of sp³-hybridized carbons (Fsp3) is 0.467. The lowest BCUT2D eigenvalue weighted by molar-refractivity contribution is 0.686. The monoisotopic (exact) mass is 305 g/mol. The second-order valence-electron chi connectivity index (χ2n) is 5.60. The number of rotatable bonds is 6. The summed E-state index contributed by atoms with van der Waals surface area (Å²) < 4.78 is 2.02. The van der Waals surface area contributed by atoms with E-state index in [4.69, 9.17) is 11.6 Å². The molecule has 2 heterocycles. The minimum atomic E-state index is 0.669. The van der Waals surface area contributed by atoms with Crippen LogP contribution in [0.5, 0.6) is 0 Å². The van der Waals surface area contributed by atoms with Gasteiger partial charge in [-0.05, 0) is 24.5 Å². The molecule has 0 aliphatic heterocycles. The lowest BCUT2D eigenvalue weighted by Crippen LogP contribution is -2.21. The van der Waals surface area contributed by atoms with Crippen LogP contribution in [0.4, 0.5) is 5.82 Å². The molecule has 0 atom stereocenters. The summed E-state index contributed by atoms with van der Waals surface area (Å²) in [5.41, 5.74) is 1.10. The summed E-state index contributed by atoms with van der Waals surface area (Å²) in [5, 5.41) is 4.21. The van der Waals surface area contributed by atoms with Gasteiger partial charge >= 0.3 is 0 Å². The zero-order chi connectivity index (χ0) is 14.8. The average Bonchev–Trinajstić information content (AvgIpc) is 3.22. The van der Waals surface area contributed by atoms with Gasteiger partial charge < -0.3 is 14.8 Å². The van der Waals surface area contributed by atoms with E-state index in [2.05, 4.69) is 26.3 Å². The highest BCUT2D eigenvalue weighted by molar-refractivity contribution is 6.31. The largest absolute Gasteiger partial charge is 0.352 e. The Balaban J connectivity index is 1.71. The first-order chi connectivity index (χ1) is 10.1. The minimum Gasteiger partial charge on any atom is -0.352 e. The molecule has 0 unspecified atom stereocenters. The van der Waals surface area contributed by atoms with Crippen molar-refractivity contribution in [3.63, 3.8) is 0 Å². The maximum absolute atomic E-state index is 6.24. The molecule has 2 aromatic heterocycles. The van der Waals surface area contributed by atoms with Crippen LogP contribution in [0.15, 0.2) is 24.7 Å². The molecule has 3 rings (SSSR count). The van der Waals surface area contributed by atoms with Crippen molar-refractivity contribution in [1.29, 1.82) is 0 Å². The number of nitrogens with one attached hydrogen (secondary N) is 1. The van der Waals surface area contributed by atoms with Crippen LogP contribution in [-0.2, 0) is 20.1 Å². The van der Waals surface area contributed by atoms with E-state index in [0.29, 0.717) is 12.6 Å². The second-order valence-corrected chi connectivity index (χ2v) is 6.01. The maximum Gasteiger partial charge on any atom is 0.129 e. The van der Waals surface area contributed by atoms with Crippen molar-refractivity contribution in [2.45, 2.75) is 32.0 Å². The van der Waals surface area contributed by atoms with Crippen molar-refractivity contribution >= 4 is 17.4 Å². The van der Waals surface area contributed by atoms with Gasteiger partial charge in [-0.2, -0.15) is 0 Å². The molecule has 0 bridgehead atoms. The molecule has 0 saturated heterocycles. The zero-order valence-corrected chi connectivity index (χ0v) is 13.1. The van der Waals surface area contributed by atoms with E-state index in [1.165, 1.54) is 12.8 Å². The standard InChI is InChI=1S/C15H20ClN5/c1-20-6-5-17-15(20)10-21(2)14-7-11(13(16)9-19-14)8-18-12-3-4-12/h5-7,9,12,18H,3-4,8,10H2,1-2H3. The van der Waals surface area contributed by atoms with Gasteiger partial charge in [-0.1, -0.05) is 11.6 Å². The fourth-order valence-electron chi connectivity index (χ4n) is 2.20. The van der Waals surface area contributed by atoms with Crippen LogP contribution in [0.1, 0.15) is 24.2 Å². The first kappa shape index (κ1) is 14.4. The third kappa shape index (κ3) is 3.54. The second kappa shape index (κ2) is 6.03. The minimum absolute atomic E-state index is 0.669. The van der Waals surface area contributed by atoms with E-state index >= 15 is 0 Å². The molecule has 5 nitrogen and oxygen atoms in total. The molecule has 21 heavy (non-hydrogen) atoms. The van der Waals surface area contributed by atoms with Crippen molar-refractivity contribution in [2.75, 3.05) is 11.9 Å². The molecule has 1 N–H and O–H groups in total.